The van der Waals surface area contributed by atoms with E-state index >= 15 is 0 Å². The molecule has 2 amide bonds. The van der Waals surface area contributed by atoms with Gasteiger partial charge in [-0.2, -0.15) is 0 Å². The van der Waals surface area contributed by atoms with Crippen LogP contribution in [0.4, 0.5) is 15.1 Å². The lowest BCUT2D eigenvalue weighted by Crippen LogP contribution is -2.42. The van der Waals surface area contributed by atoms with Crippen LogP contribution in [0.15, 0.2) is 30.5 Å². The minimum Gasteiger partial charge on any atom is -0.357 e. The summed E-state index contributed by atoms with van der Waals surface area (Å²) in [4.78, 5) is 26.4. The molecule has 0 fully saturated rings. The number of urea groups is 1. The number of carbonyl (C=O) groups is 1. The molecule has 28 heavy (non-hydrogen) atoms. The summed E-state index contributed by atoms with van der Waals surface area (Å²) in [5.74, 6) is 0.309. The Kier molecular flexibility index (Phi) is 4.85. The summed E-state index contributed by atoms with van der Waals surface area (Å²) in [6.45, 7) is 5.48. The van der Waals surface area contributed by atoms with Gasteiger partial charge >= 0.3 is 6.03 Å². The van der Waals surface area contributed by atoms with Crippen LogP contribution in [-0.2, 0) is 19.5 Å². The third-order valence-electron chi connectivity index (χ3n) is 4.72. The Hall–Kier alpha value is -3.16. The maximum Gasteiger partial charge on any atom is 0.318 e. The van der Waals surface area contributed by atoms with Crippen LogP contribution in [0.5, 0.6) is 0 Å². The number of rotatable bonds is 4. The van der Waals surface area contributed by atoms with Crippen molar-refractivity contribution in [2.24, 2.45) is 0 Å². The van der Waals surface area contributed by atoms with Gasteiger partial charge in [0.05, 0.1) is 18.8 Å². The minimum absolute atomic E-state index is 0.146. The van der Waals surface area contributed by atoms with Crippen LogP contribution in [0.3, 0.4) is 0 Å². The third-order valence-corrected chi connectivity index (χ3v) is 4.72. The molecule has 7 nitrogen and oxygen atoms in total. The molecule has 0 saturated heterocycles. The maximum atomic E-state index is 13.3. The van der Waals surface area contributed by atoms with Crippen molar-refractivity contribution >= 4 is 22.9 Å². The van der Waals surface area contributed by atoms with Crippen molar-refractivity contribution in [1.29, 1.82) is 0 Å². The second-order valence-electron chi connectivity index (χ2n) is 7.32. The zero-order valence-corrected chi connectivity index (χ0v) is 15.9. The number of aromatic nitrogens is 3. The van der Waals surface area contributed by atoms with E-state index in [1.54, 1.807) is 11.0 Å². The summed E-state index contributed by atoms with van der Waals surface area (Å²) >= 11 is 0. The number of hydrogen-bond donors (Lipinski definition) is 3. The highest BCUT2D eigenvalue weighted by Gasteiger charge is 2.22. The van der Waals surface area contributed by atoms with Gasteiger partial charge in [-0.1, -0.05) is 0 Å². The molecule has 0 atom stereocenters. The fourth-order valence-electron chi connectivity index (χ4n) is 3.35. The normalized spacial score (nSPS) is 13.6. The number of nitrogens with one attached hydrogen (secondary N) is 3. The Balaban J connectivity index is 1.40. The highest BCUT2D eigenvalue weighted by atomic mass is 19.1. The molecule has 0 saturated carbocycles. The van der Waals surface area contributed by atoms with Crippen molar-refractivity contribution in [3.8, 4) is 0 Å². The van der Waals surface area contributed by atoms with Crippen molar-refractivity contribution in [3.63, 3.8) is 0 Å². The molecule has 0 aliphatic carbocycles. The predicted octanol–water partition coefficient (Wildman–Crippen LogP) is 3.19. The Morgan fingerprint density at radius 3 is 3.04 bits per heavy atom. The molecule has 1 aliphatic heterocycles. The lowest BCUT2D eigenvalue weighted by atomic mass is 10.1. The fourth-order valence-corrected chi connectivity index (χ4v) is 3.35. The second kappa shape index (κ2) is 7.46. The lowest BCUT2D eigenvalue weighted by Gasteiger charge is -2.28. The molecule has 1 aliphatic rings. The molecule has 4 rings (SSSR count). The van der Waals surface area contributed by atoms with Crippen molar-refractivity contribution in [3.05, 3.63) is 53.2 Å². The van der Waals surface area contributed by atoms with E-state index in [0.717, 1.165) is 34.3 Å². The zero-order valence-electron chi connectivity index (χ0n) is 15.9. The van der Waals surface area contributed by atoms with E-state index in [1.807, 2.05) is 26.1 Å². The van der Waals surface area contributed by atoms with Crippen molar-refractivity contribution < 1.29 is 9.18 Å². The SMILES string of the molecule is CC(C)Nc1ncc2c(n1)CN(C(=O)NCc1cc3cc(F)ccc3[nH]1)CC2. The number of fused-ring (bicyclic) bond motifs is 2. The molecular weight excluding hydrogens is 359 g/mol. The molecule has 0 unspecified atom stereocenters. The molecule has 0 radical (unpaired) electrons. The smallest absolute Gasteiger partial charge is 0.318 e. The Morgan fingerprint density at radius 2 is 2.21 bits per heavy atom. The largest absolute Gasteiger partial charge is 0.357 e. The average molecular weight is 382 g/mol. The van der Waals surface area contributed by atoms with E-state index in [0.29, 0.717) is 25.6 Å². The summed E-state index contributed by atoms with van der Waals surface area (Å²) in [7, 11) is 0. The van der Waals surface area contributed by atoms with Gasteiger partial charge in [0.1, 0.15) is 5.82 Å². The summed E-state index contributed by atoms with van der Waals surface area (Å²) in [6.07, 6.45) is 2.57. The van der Waals surface area contributed by atoms with Gasteiger partial charge in [0, 0.05) is 35.4 Å². The lowest BCUT2D eigenvalue weighted by molar-refractivity contribution is 0.191. The molecule has 146 valence electrons. The molecule has 3 heterocycles. The first-order valence-corrected chi connectivity index (χ1v) is 9.39. The zero-order chi connectivity index (χ0) is 19.7. The minimum atomic E-state index is -0.276. The van der Waals surface area contributed by atoms with Gasteiger partial charge < -0.3 is 20.5 Å². The van der Waals surface area contributed by atoms with E-state index in [-0.39, 0.29) is 17.9 Å². The summed E-state index contributed by atoms with van der Waals surface area (Å²) < 4.78 is 13.3. The second-order valence-corrected chi connectivity index (χ2v) is 7.32. The first-order valence-electron chi connectivity index (χ1n) is 9.39. The highest BCUT2D eigenvalue weighted by Crippen LogP contribution is 2.19. The van der Waals surface area contributed by atoms with Crippen molar-refractivity contribution in [2.75, 3.05) is 11.9 Å². The molecule has 8 heteroatoms. The Labute approximate surface area is 162 Å². The molecule has 1 aromatic carbocycles. The van der Waals surface area contributed by atoms with Gasteiger partial charge in [0.25, 0.3) is 0 Å². The van der Waals surface area contributed by atoms with Gasteiger partial charge in [-0.15, -0.1) is 0 Å². The standard InChI is InChI=1S/C20H23FN6O/c1-12(2)24-19-22-9-13-5-6-27(11-18(13)26-19)20(28)23-10-16-8-14-7-15(21)3-4-17(14)25-16/h3-4,7-9,12,25H,5-6,10-11H2,1-2H3,(H,23,28)(H,22,24,26). The van der Waals surface area contributed by atoms with Gasteiger partial charge in [0.2, 0.25) is 5.95 Å². The highest BCUT2D eigenvalue weighted by molar-refractivity contribution is 5.80. The molecule has 0 spiro atoms. The third kappa shape index (κ3) is 3.90. The quantitative estimate of drug-likeness (QED) is 0.647. The van der Waals surface area contributed by atoms with Crippen LogP contribution in [0.2, 0.25) is 0 Å². The number of halogens is 1. The predicted molar refractivity (Wildman–Crippen MR) is 105 cm³/mol. The van der Waals surface area contributed by atoms with E-state index in [9.17, 15) is 9.18 Å². The monoisotopic (exact) mass is 382 g/mol. The van der Waals surface area contributed by atoms with Gasteiger partial charge in [-0.25, -0.2) is 19.2 Å². The van der Waals surface area contributed by atoms with Gasteiger partial charge in [-0.05, 0) is 50.1 Å². The molecule has 3 aromatic rings. The van der Waals surface area contributed by atoms with E-state index in [4.69, 9.17) is 0 Å². The summed E-state index contributed by atoms with van der Waals surface area (Å²) in [5, 5.41) is 6.90. The Bertz CT molecular complexity index is 1020. The summed E-state index contributed by atoms with van der Waals surface area (Å²) in [5.41, 5.74) is 3.63. The van der Waals surface area contributed by atoms with Crippen LogP contribution in [0, 0.1) is 5.82 Å². The first-order chi connectivity index (χ1) is 13.5. The van der Waals surface area contributed by atoms with Gasteiger partial charge in [-0.3, -0.25) is 0 Å². The number of aromatic amines is 1. The summed E-state index contributed by atoms with van der Waals surface area (Å²) in [6, 6.07) is 6.53. The van der Waals surface area contributed by atoms with E-state index in [1.165, 1.54) is 12.1 Å². The number of H-pyrrole nitrogens is 1. The number of anilines is 1. The van der Waals surface area contributed by atoms with E-state index < -0.39 is 0 Å². The Morgan fingerprint density at radius 1 is 1.36 bits per heavy atom. The van der Waals surface area contributed by atoms with Gasteiger partial charge in [0.15, 0.2) is 0 Å². The molecule has 0 bridgehead atoms. The first kappa shape index (κ1) is 18.2. The molecule has 2 aromatic heterocycles. The van der Waals surface area contributed by atoms with Crippen LogP contribution in [-0.4, -0.2) is 38.5 Å². The number of hydrogen-bond acceptors (Lipinski definition) is 4. The molecule has 3 N–H and O–H groups in total. The van der Waals surface area contributed by atoms with Crippen LogP contribution >= 0.6 is 0 Å². The van der Waals surface area contributed by atoms with Crippen LogP contribution < -0.4 is 10.6 Å². The number of amides is 2. The van der Waals surface area contributed by atoms with Crippen molar-refractivity contribution in [1.82, 2.24) is 25.2 Å². The van der Waals surface area contributed by atoms with E-state index in [2.05, 4.69) is 25.6 Å². The molecular formula is C20H23FN6O. The number of carbonyl (C=O) groups excluding carboxylic acids is 1. The average Bonchev–Trinajstić information content (AvgIpc) is 3.07. The number of nitrogens with zero attached hydrogens (tertiary/aromatic N) is 3. The topological polar surface area (TPSA) is 85.9 Å². The van der Waals surface area contributed by atoms with Crippen molar-refractivity contribution in [2.45, 2.75) is 39.4 Å². The maximum absolute atomic E-state index is 13.3. The van der Waals surface area contributed by atoms with Crippen LogP contribution in [0.25, 0.3) is 10.9 Å². The van der Waals surface area contributed by atoms with Crippen LogP contribution in [0.1, 0.15) is 30.8 Å². The fraction of sp³-hybridized carbons (Fsp3) is 0.350. The number of benzene rings is 1.